The van der Waals surface area contributed by atoms with Gasteiger partial charge in [-0.3, -0.25) is 4.79 Å². The van der Waals surface area contributed by atoms with Crippen LogP contribution in [0.3, 0.4) is 0 Å². The van der Waals surface area contributed by atoms with Crippen LogP contribution in [-0.2, 0) is 10.7 Å². The standard InChI is InChI=1S/C7H6Cl2.C3H7NO/c8-5-6-1-3-7(9)4-2-6;1-4(2)3-5/h1-4H,5H2;3H,1-2H3. The van der Waals surface area contributed by atoms with E-state index in [1.807, 2.05) is 24.3 Å². The molecule has 2 nitrogen and oxygen atoms in total. The van der Waals surface area contributed by atoms with Crippen LogP contribution in [0.5, 0.6) is 0 Å². The van der Waals surface area contributed by atoms with E-state index in [4.69, 9.17) is 23.2 Å². The molecule has 0 saturated heterocycles. The second-order valence-electron chi connectivity index (χ2n) is 2.83. The Balaban J connectivity index is 0.000000292. The summed E-state index contributed by atoms with van der Waals surface area (Å²) in [4.78, 5) is 10.9. The molecule has 1 amide bonds. The van der Waals surface area contributed by atoms with Crippen LogP contribution in [-0.4, -0.2) is 25.4 Å². The smallest absolute Gasteiger partial charge is 0.209 e. The number of halogens is 2. The van der Waals surface area contributed by atoms with Crippen molar-refractivity contribution >= 4 is 29.6 Å². The first-order valence-electron chi connectivity index (χ1n) is 4.02. The van der Waals surface area contributed by atoms with Crippen LogP contribution in [0, 0.1) is 0 Å². The van der Waals surface area contributed by atoms with Gasteiger partial charge in [0.1, 0.15) is 0 Å². The first kappa shape index (κ1) is 13.3. The van der Waals surface area contributed by atoms with Crippen molar-refractivity contribution in [1.82, 2.24) is 4.90 Å². The molecule has 0 bridgehead atoms. The lowest BCUT2D eigenvalue weighted by Crippen LogP contribution is -2.06. The third kappa shape index (κ3) is 6.75. The topological polar surface area (TPSA) is 20.3 Å². The zero-order valence-electron chi connectivity index (χ0n) is 8.21. The molecule has 1 rings (SSSR count). The predicted molar refractivity (Wildman–Crippen MR) is 60.8 cm³/mol. The molecule has 0 heterocycles. The van der Waals surface area contributed by atoms with Gasteiger partial charge in [-0.05, 0) is 17.7 Å². The van der Waals surface area contributed by atoms with Crippen molar-refractivity contribution in [2.24, 2.45) is 0 Å². The lowest BCUT2D eigenvalue weighted by atomic mass is 10.2. The molecule has 0 N–H and O–H groups in total. The minimum Gasteiger partial charge on any atom is -0.351 e. The van der Waals surface area contributed by atoms with Crippen LogP contribution in [0.1, 0.15) is 5.56 Å². The lowest BCUT2D eigenvalue weighted by molar-refractivity contribution is -0.115. The van der Waals surface area contributed by atoms with Gasteiger partial charge in [0.05, 0.1) is 0 Å². The van der Waals surface area contributed by atoms with Gasteiger partial charge >= 0.3 is 0 Å². The largest absolute Gasteiger partial charge is 0.351 e. The fourth-order valence-corrected chi connectivity index (χ4v) is 0.878. The number of benzene rings is 1. The summed E-state index contributed by atoms with van der Waals surface area (Å²) in [7, 11) is 3.38. The maximum Gasteiger partial charge on any atom is 0.209 e. The third-order valence-corrected chi connectivity index (χ3v) is 1.84. The van der Waals surface area contributed by atoms with E-state index in [0.29, 0.717) is 5.88 Å². The van der Waals surface area contributed by atoms with Crippen molar-refractivity contribution in [3.8, 4) is 0 Å². The molecule has 78 valence electrons. The van der Waals surface area contributed by atoms with Crippen LogP contribution in [0.15, 0.2) is 24.3 Å². The first-order valence-corrected chi connectivity index (χ1v) is 4.93. The van der Waals surface area contributed by atoms with Gasteiger partial charge in [0.15, 0.2) is 0 Å². The molecule has 0 atom stereocenters. The minimum absolute atomic E-state index is 0.553. The van der Waals surface area contributed by atoms with E-state index in [2.05, 4.69) is 0 Å². The Morgan fingerprint density at radius 3 is 2.00 bits per heavy atom. The van der Waals surface area contributed by atoms with E-state index >= 15 is 0 Å². The van der Waals surface area contributed by atoms with Crippen molar-refractivity contribution in [2.45, 2.75) is 5.88 Å². The van der Waals surface area contributed by atoms with Crippen molar-refractivity contribution in [1.29, 1.82) is 0 Å². The molecule has 4 heteroatoms. The van der Waals surface area contributed by atoms with Gasteiger partial charge in [-0.25, -0.2) is 0 Å². The Morgan fingerprint density at radius 1 is 1.29 bits per heavy atom. The van der Waals surface area contributed by atoms with Crippen molar-refractivity contribution in [2.75, 3.05) is 14.1 Å². The second-order valence-corrected chi connectivity index (χ2v) is 3.53. The van der Waals surface area contributed by atoms with E-state index in [-0.39, 0.29) is 0 Å². The molecule has 0 aromatic heterocycles. The zero-order chi connectivity index (χ0) is 11.0. The summed E-state index contributed by atoms with van der Waals surface area (Å²) in [5, 5.41) is 0.754. The van der Waals surface area contributed by atoms with Gasteiger partial charge < -0.3 is 4.90 Å². The molecule has 0 saturated carbocycles. The third-order valence-electron chi connectivity index (χ3n) is 1.28. The number of nitrogens with zero attached hydrogens (tertiary/aromatic N) is 1. The summed E-state index contributed by atoms with van der Waals surface area (Å²) >= 11 is 11.2. The van der Waals surface area contributed by atoms with E-state index in [0.717, 1.165) is 17.0 Å². The minimum atomic E-state index is 0.553. The fraction of sp³-hybridized carbons (Fsp3) is 0.300. The summed E-state index contributed by atoms with van der Waals surface area (Å²) in [6.45, 7) is 0. The van der Waals surface area contributed by atoms with E-state index in [1.54, 1.807) is 14.1 Å². The Labute approximate surface area is 94.4 Å². The molecule has 0 aliphatic heterocycles. The number of amides is 1. The molecule has 0 fully saturated rings. The summed E-state index contributed by atoms with van der Waals surface area (Å²) < 4.78 is 0. The predicted octanol–water partition coefficient (Wildman–Crippen LogP) is 2.78. The number of carbonyl (C=O) groups is 1. The Morgan fingerprint density at radius 2 is 1.71 bits per heavy atom. The van der Waals surface area contributed by atoms with E-state index in [1.165, 1.54) is 4.90 Å². The highest BCUT2D eigenvalue weighted by Gasteiger charge is 1.87. The quantitative estimate of drug-likeness (QED) is 0.569. The van der Waals surface area contributed by atoms with Crippen molar-refractivity contribution in [3.05, 3.63) is 34.9 Å². The van der Waals surface area contributed by atoms with Crippen LogP contribution < -0.4 is 0 Å². The van der Waals surface area contributed by atoms with Gasteiger partial charge in [0.25, 0.3) is 0 Å². The SMILES string of the molecule is CN(C)C=O.ClCc1ccc(Cl)cc1. The van der Waals surface area contributed by atoms with E-state index < -0.39 is 0 Å². The lowest BCUT2D eigenvalue weighted by Gasteiger charge is -1.93. The van der Waals surface area contributed by atoms with Crippen LogP contribution in [0.2, 0.25) is 5.02 Å². The maximum atomic E-state index is 9.43. The number of hydrogen-bond acceptors (Lipinski definition) is 1. The number of rotatable bonds is 2. The molecule has 0 aliphatic carbocycles. The highest BCUT2D eigenvalue weighted by atomic mass is 35.5. The van der Waals surface area contributed by atoms with Crippen molar-refractivity contribution in [3.63, 3.8) is 0 Å². The van der Waals surface area contributed by atoms with E-state index in [9.17, 15) is 4.79 Å². The molecular formula is C10H13Cl2NO. The summed E-state index contributed by atoms with van der Waals surface area (Å²) in [6.07, 6.45) is 0.750. The normalized spacial score (nSPS) is 8.57. The maximum absolute atomic E-state index is 9.43. The Kier molecular flexibility index (Phi) is 7.25. The Hall–Kier alpha value is -0.730. The first-order chi connectivity index (χ1) is 6.60. The van der Waals surface area contributed by atoms with Gasteiger partial charge in [0.2, 0.25) is 6.41 Å². The van der Waals surface area contributed by atoms with Gasteiger partial charge in [0, 0.05) is 25.0 Å². The molecule has 0 spiro atoms. The van der Waals surface area contributed by atoms with Crippen molar-refractivity contribution < 1.29 is 4.79 Å². The highest BCUT2D eigenvalue weighted by Crippen LogP contribution is 2.10. The number of carbonyl (C=O) groups excluding carboxylic acids is 1. The monoisotopic (exact) mass is 233 g/mol. The summed E-state index contributed by atoms with van der Waals surface area (Å²) in [5.41, 5.74) is 1.10. The summed E-state index contributed by atoms with van der Waals surface area (Å²) in [6, 6.07) is 7.49. The zero-order valence-corrected chi connectivity index (χ0v) is 9.72. The van der Waals surface area contributed by atoms with Crippen LogP contribution in [0.4, 0.5) is 0 Å². The molecule has 1 aromatic rings. The Bertz CT molecular complexity index is 259. The average molecular weight is 234 g/mol. The van der Waals surface area contributed by atoms with Gasteiger partial charge in [-0.15, -0.1) is 11.6 Å². The molecule has 0 radical (unpaired) electrons. The van der Waals surface area contributed by atoms with Crippen LogP contribution in [0.25, 0.3) is 0 Å². The molecule has 14 heavy (non-hydrogen) atoms. The number of hydrogen-bond donors (Lipinski definition) is 0. The second kappa shape index (κ2) is 7.65. The summed E-state index contributed by atoms with van der Waals surface area (Å²) in [5.74, 6) is 0.553. The van der Waals surface area contributed by atoms with Crippen LogP contribution >= 0.6 is 23.2 Å². The molecule has 0 aliphatic rings. The van der Waals surface area contributed by atoms with Gasteiger partial charge in [-0.1, -0.05) is 23.7 Å². The fourth-order valence-electron chi connectivity index (χ4n) is 0.573. The number of alkyl halides is 1. The molecular weight excluding hydrogens is 221 g/mol. The van der Waals surface area contributed by atoms with Gasteiger partial charge in [-0.2, -0.15) is 0 Å². The molecule has 1 aromatic carbocycles. The average Bonchev–Trinajstić information content (AvgIpc) is 2.20. The molecule has 0 unspecified atom stereocenters. The highest BCUT2D eigenvalue weighted by molar-refractivity contribution is 6.30.